The molecule has 8 nitrogen and oxygen atoms in total. The van der Waals surface area contributed by atoms with Gasteiger partial charge in [-0.2, -0.15) is 0 Å². The fourth-order valence-corrected chi connectivity index (χ4v) is 15.3. The zero-order valence-corrected chi connectivity index (χ0v) is 31.5. The molecule has 9 fully saturated rings. The lowest BCUT2D eigenvalue weighted by molar-refractivity contribution is -0.282. The van der Waals surface area contributed by atoms with Crippen LogP contribution in [-0.2, 0) is 18.9 Å². The molecule has 14 atom stereocenters. The Balaban J connectivity index is 0.953. The summed E-state index contributed by atoms with van der Waals surface area (Å²) in [6, 6.07) is 1.26. The van der Waals surface area contributed by atoms with Gasteiger partial charge < -0.3 is 29.2 Å². The van der Waals surface area contributed by atoms with Gasteiger partial charge in [0.2, 0.25) is 0 Å². The minimum Gasteiger partial charge on any atom is -0.388 e. The van der Waals surface area contributed by atoms with Crippen molar-refractivity contribution in [3.8, 4) is 0 Å². The monoisotopic (exact) mass is 670 g/mol. The van der Waals surface area contributed by atoms with Crippen molar-refractivity contribution >= 4 is 0 Å². The molecule has 4 heterocycles. The normalized spacial score (nSPS) is 56.1. The van der Waals surface area contributed by atoms with Crippen molar-refractivity contribution in [1.29, 1.82) is 0 Å². The van der Waals surface area contributed by atoms with Crippen molar-refractivity contribution in [2.45, 2.75) is 168 Å². The van der Waals surface area contributed by atoms with Crippen LogP contribution in [0.15, 0.2) is 0 Å². The Morgan fingerprint density at radius 2 is 1.62 bits per heavy atom. The van der Waals surface area contributed by atoms with Gasteiger partial charge in [0.1, 0.15) is 12.2 Å². The summed E-state index contributed by atoms with van der Waals surface area (Å²) in [4.78, 5) is 5.19. The van der Waals surface area contributed by atoms with Crippen LogP contribution in [0, 0.1) is 50.7 Å². The third kappa shape index (κ3) is 3.96. The van der Waals surface area contributed by atoms with Crippen LogP contribution in [0.1, 0.15) is 114 Å². The molecule has 272 valence electrons. The Morgan fingerprint density at radius 1 is 0.917 bits per heavy atom. The van der Waals surface area contributed by atoms with Gasteiger partial charge in [-0.3, -0.25) is 9.80 Å². The second-order valence-corrected chi connectivity index (χ2v) is 20.5. The lowest BCUT2D eigenvalue weighted by Crippen LogP contribution is -2.64. The zero-order chi connectivity index (χ0) is 34.0. The first-order chi connectivity index (χ1) is 22.4. The highest BCUT2D eigenvalue weighted by atomic mass is 16.8. The Hall–Kier alpha value is -0.320. The summed E-state index contributed by atoms with van der Waals surface area (Å²) < 4.78 is 27.1. The molecule has 4 aliphatic heterocycles. The Labute approximate surface area is 289 Å². The van der Waals surface area contributed by atoms with Crippen molar-refractivity contribution in [3.05, 3.63) is 0 Å². The molecule has 0 aromatic carbocycles. The van der Waals surface area contributed by atoms with E-state index in [1.807, 2.05) is 13.8 Å². The van der Waals surface area contributed by atoms with Gasteiger partial charge in [0, 0.05) is 49.6 Å². The standard InChI is InChI=1S/C40H66N2O6/c1-23(2)42-19-25(20-42)41-16-17-45-30(21-41)46-29-12-13-38-22-39(38)15-14-36(8)31-24(3)18-26-32(35(6,7)44)48-40(31,47-26)33(43)37(36,9)28(39)11-10-27(38)34(29,4)5/h23-33,43-44H,10-22H2,1-9H3/t24-,26-,27+,28+,29+,30+,31-,32+,33-,36-,37-,38?,39+,40?/m1/s1. The summed E-state index contributed by atoms with van der Waals surface area (Å²) in [5, 5.41) is 23.9. The molecule has 2 unspecified atom stereocenters. The molecule has 4 saturated heterocycles. The molecule has 9 rings (SSSR count). The smallest absolute Gasteiger partial charge is 0.199 e. The number of ether oxygens (including phenoxy) is 4. The zero-order valence-electron chi connectivity index (χ0n) is 31.5. The minimum atomic E-state index is -1.02. The van der Waals surface area contributed by atoms with E-state index in [4.69, 9.17) is 18.9 Å². The SMILES string of the molecule is CC(C)N1CC(N2CCO[C@@H](O[C@H]3CCC45C[C@]46CC[C@]4(C)[C@H]7[C@H](C)C[C@H]8OC7(O[C@@H]8C(C)(C)O)[C@H](O)[C@@]4(C)[C@@H]6CC[C@H]5C3(C)C)C2)C1. The molecule has 8 heteroatoms. The van der Waals surface area contributed by atoms with Crippen LogP contribution in [0.5, 0.6) is 0 Å². The van der Waals surface area contributed by atoms with E-state index in [0.717, 1.165) is 45.4 Å². The highest BCUT2D eigenvalue weighted by molar-refractivity contribution is 5.34. The van der Waals surface area contributed by atoms with Crippen molar-refractivity contribution in [3.63, 3.8) is 0 Å². The summed E-state index contributed by atoms with van der Waals surface area (Å²) in [5.41, 5.74) is -0.709. The molecule has 0 amide bonds. The van der Waals surface area contributed by atoms with Crippen molar-refractivity contribution in [2.24, 2.45) is 50.7 Å². The Kier molecular flexibility index (Phi) is 7.13. The summed E-state index contributed by atoms with van der Waals surface area (Å²) in [5.74, 6) is 0.554. The number of morpholine rings is 1. The number of aliphatic hydroxyl groups excluding tert-OH is 1. The molecule has 2 N–H and O–H groups in total. The quantitative estimate of drug-likeness (QED) is 0.401. The number of fused-ring (bicyclic) bond motifs is 4. The van der Waals surface area contributed by atoms with Crippen LogP contribution in [0.4, 0.5) is 0 Å². The number of hydrogen-bond acceptors (Lipinski definition) is 8. The molecule has 48 heavy (non-hydrogen) atoms. The molecule has 3 spiro atoms. The van der Waals surface area contributed by atoms with Crippen LogP contribution in [-0.4, -0.2) is 107 Å². The number of rotatable bonds is 5. The van der Waals surface area contributed by atoms with Gasteiger partial charge in [0.25, 0.3) is 0 Å². The van der Waals surface area contributed by atoms with Crippen LogP contribution in [0.25, 0.3) is 0 Å². The summed E-state index contributed by atoms with van der Waals surface area (Å²) >= 11 is 0. The predicted octanol–water partition coefficient (Wildman–Crippen LogP) is 5.43. The first kappa shape index (κ1) is 33.5. The predicted molar refractivity (Wildman–Crippen MR) is 183 cm³/mol. The van der Waals surface area contributed by atoms with Gasteiger partial charge in [0.15, 0.2) is 12.1 Å². The van der Waals surface area contributed by atoms with E-state index in [1.54, 1.807) is 0 Å². The van der Waals surface area contributed by atoms with Crippen molar-refractivity contribution < 1.29 is 29.2 Å². The first-order valence-electron chi connectivity index (χ1n) is 20.0. The maximum atomic E-state index is 12.8. The molecule has 0 radical (unpaired) electrons. The van der Waals surface area contributed by atoms with Crippen LogP contribution < -0.4 is 0 Å². The number of hydrogen-bond donors (Lipinski definition) is 2. The second kappa shape index (κ2) is 10.2. The average Bonchev–Trinajstić information content (AvgIpc) is 3.49. The third-order valence-electron chi connectivity index (χ3n) is 17.6. The highest BCUT2D eigenvalue weighted by Crippen LogP contribution is 2.90. The van der Waals surface area contributed by atoms with E-state index >= 15 is 0 Å². The summed E-state index contributed by atoms with van der Waals surface area (Å²) in [6.45, 7) is 25.6. The molecular weight excluding hydrogens is 604 g/mol. The van der Waals surface area contributed by atoms with Crippen LogP contribution >= 0.6 is 0 Å². The number of likely N-dealkylation sites (tertiary alicyclic amines) is 1. The molecule has 9 aliphatic rings. The lowest BCUT2D eigenvalue weighted by Gasteiger charge is -2.63. The van der Waals surface area contributed by atoms with Gasteiger partial charge in [0.05, 0.1) is 24.4 Å². The van der Waals surface area contributed by atoms with E-state index in [0.29, 0.717) is 35.3 Å². The Bertz CT molecular complexity index is 1310. The van der Waals surface area contributed by atoms with E-state index < -0.39 is 23.6 Å². The van der Waals surface area contributed by atoms with E-state index in [9.17, 15) is 10.2 Å². The maximum Gasteiger partial charge on any atom is 0.199 e. The molecule has 5 saturated carbocycles. The van der Waals surface area contributed by atoms with Gasteiger partial charge in [-0.25, -0.2) is 0 Å². The Morgan fingerprint density at radius 3 is 2.33 bits per heavy atom. The average molecular weight is 671 g/mol. The van der Waals surface area contributed by atoms with E-state index in [-0.39, 0.29) is 46.1 Å². The fraction of sp³-hybridized carbons (Fsp3) is 1.00. The third-order valence-corrected chi connectivity index (χ3v) is 17.6. The van der Waals surface area contributed by atoms with Crippen molar-refractivity contribution in [2.75, 3.05) is 32.8 Å². The van der Waals surface area contributed by atoms with Gasteiger partial charge >= 0.3 is 0 Å². The topological polar surface area (TPSA) is 83.9 Å². The molecular formula is C40H66N2O6. The number of nitrogens with zero attached hydrogens (tertiary/aromatic N) is 2. The molecule has 2 bridgehead atoms. The van der Waals surface area contributed by atoms with Gasteiger partial charge in [-0.15, -0.1) is 0 Å². The summed E-state index contributed by atoms with van der Waals surface area (Å²) in [6.07, 6.45) is 8.04. The number of aliphatic hydroxyl groups is 2. The molecule has 5 aliphatic carbocycles. The fourth-order valence-electron chi connectivity index (χ4n) is 15.3. The van der Waals surface area contributed by atoms with E-state index in [1.165, 1.54) is 38.8 Å². The first-order valence-corrected chi connectivity index (χ1v) is 20.0. The largest absolute Gasteiger partial charge is 0.388 e. The lowest BCUT2D eigenvalue weighted by atomic mass is 9.41. The van der Waals surface area contributed by atoms with Crippen molar-refractivity contribution in [1.82, 2.24) is 9.80 Å². The van der Waals surface area contributed by atoms with Crippen LogP contribution in [0.2, 0.25) is 0 Å². The molecule has 0 aromatic heterocycles. The van der Waals surface area contributed by atoms with Gasteiger partial charge in [-0.1, -0.05) is 34.6 Å². The van der Waals surface area contributed by atoms with Gasteiger partial charge in [-0.05, 0) is 118 Å². The second-order valence-electron chi connectivity index (χ2n) is 20.5. The summed E-state index contributed by atoms with van der Waals surface area (Å²) in [7, 11) is 0. The van der Waals surface area contributed by atoms with Crippen LogP contribution in [0.3, 0.4) is 0 Å². The highest BCUT2D eigenvalue weighted by Gasteiger charge is 2.88. The maximum absolute atomic E-state index is 12.8. The molecule has 0 aromatic rings. The van der Waals surface area contributed by atoms with E-state index in [2.05, 4.69) is 58.3 Å². The minimum absolute atomic E-state index is 0.0746.